The quantitative estimate of drug-likeness (QED) is 0.690. The number of pyridine rings is 1. The Morgan fingerprint density at radius 1 is 1.27 bits per heavy atom. The molecule has 0 bridgehead atoms. The minimum Gasteiger partial charge on any atom is -0.481 e. The molecular formula is C24H34FN3O5. The molecular weight excluding hydrogens is 429 g/mol. The summed E-state index contributed by atoms with van der Waals surface area (Å²) in [7, 11) is 3.14. The summed E-state index contributed by atoms with van der Waals surface area (Å²) in [6.07, 6.45) is 5.03. The van der Waals surface area contributed by atoms with E-state index in [0.717, 1.165) is 12.0 Å². The number of aromatic nitrogens is 1. The zero-order valence-corrected chi connectivity index (χ0v) is 20.1. The van der Waals surface area contributed by atoms with Crippen LogP contribution in [0.4, 0.5) is 9.18 Å². The molecule has 1 saturated heterocycles. The van der Waals surface area contributed by atoms with Crippen molar-refractivity contribution in [2.75, 3.05) is 20.8 Å². The molecule has 0 radical (unpaired) electrons. The number of amides is 2. The molecule has 8 nitrogen and oxygen atoms in total. The lowest BCUT2D eigenvalue weighted by Gasteiger charge is -2.28. The first-order valence-corrected chi connectivity index (χ1v) is 11.4. The summed E-state index contributed by atoms with van der Waals surface area (Å²) in [5.41, 5.74) is 0.883. The van der Waals surface area contributed by atoms with Crippen LogP contribution in [0.5, 0.6) is 5.88 Å². The van der Waals surface area contributed by atoms with E-state index >= 15 is 0 Å². The lowest BCUT2D eigenvalue weighted by atomic mass is 9.94. The van der Waals surface area contributed by atoms with Crippen LogP contribution < -0.4 is 10.1 Å². The van der Waals surface area contributed by atoms with Crippen LogP contribution in [0, 0.1) is 5.82 Å². The second-order valence-corrected chi connectivity index (χ2v) is 9.40. The Labute approximate surface area is 194 Å². The van der Waals surface area contributed by atoms with E-state index in [4.69, 9.17) is 14.2 Å². The summed E-state index contributed by atoms with van der Waals surface area (Å²) in [4.78, 5) is 31.1. The number of allylic oxidation sites excluding steroid dienone is 1. The minimum absolute atomic E-state index is 0.0374. The molecule has 1 aromatic rings. The topological polar surface area (TPSA) is 90.0 Å². The Morgan fingerprint density at radius 3 is 2.64 bits per heavy atom. The van der Waals surface area contributed by atoms with E-state index in [1.165, 1.54) is 18.1 Å². The summed E-state index contributed by atoms with van der Waals surface area (Å²) in [5, 5.41) is 2.80. The maximum atomic E-state index is 14.9. The SMILES string of the molecule is COc1nc(C2=CCC(OC)CC2)c(F)cc1CNC(=O)[C@@H]1CCCN1C(=O)OC(C)(C)C. The predicted molar refractivity (Wildman–Crippen MR) is 121 cm³/mol. The molecule has 0 aromatic carbocycles. The van der Waals surface area contributed by atoms with Crippen LogP contribution in [0.2, 0.25) is 0 Å². The molecule has 182 valence electrons. The fraction of sp³-hybridized carbons (Fsp3) is 0.625. The molecule has 0 spiro atoms. The van der Waals surface area contributed by atoms with Gasteiger partial charge in [-0.15, -0.1) is 0 Å². The predicted octanol–water partition coefficient (Wildman–Crippen LogP) is 3.83. The van der Waals surface area contributed by atoms with Gasteiger partial charge in [-0.05, 0) is 64.5 Å². The molecule has 33 heavy (non-hydrogen) atoms. The third kappa shape index (κ3) is 6.22. The summed E-state index contributed by atoms with van der Waals surface area (Å²) < 4.78 is 31.1. The van der Waals surface area contributed by atoms with Gasteiger partial charge in [-0.1, -0.05) is 6.08 Å². The van der Waals surface area contributed by atoms with Gasteiger partial charge in [0.1, 0.15) is 23.2 Å². The maximum Gasteiger partial charge on any atom is 0.410 e. The number of hydrogen-bond acceptors (Lipinski definition) is 6. The monoisotopic (exact) mass is 463 g/mol. The van der Waals surface area contributed by atoms with Gasteiger partial charge in [-0.2, -0.15) is 0 Å². The van der Waals surface area contributed by atoms with Gasteiger partial charge < -0.3 is 19.5 Å². The van der Waals surface area contributed by atoms with Crippen molar-refractivity contribution in [1.82, 2.24) is 15.2 Å². The first-order valence-electron chi connectivity index (χ1n) is 11.4. The van der Waals surface area contributed by atoms with Gasteiger partial charge in [0.15, 0.2) is 0 Å². The highest BCUT2D eigenvalue weighted by Crippen LogP contribution is 2.31. The molecule has 1 aromatic heterocycles. The third-order valence-electron chi connectivity index (χ3n) is 5.85. The smallest absolute Gasteiger partial charge is 0.410 e. The summed E-state index contributed by atoms with van der Waals surface area (Å²) in [6, 6.07) is 0.731. The van der Waals surface area contributed by atoms with Gasteiger partial charge in [0.2, 0.25) is 11.8 Å². The number of nitrogens with zero attached hydrogens (tertiary/aromatic N) is 2. The number of methoxy groups -OCH3 is 2. The first-order chi connectivity index (χ1) is 15.6. The van der Waals surface area contributed by atoms with Gasteiger partial charge in [0.25, 0.3) is 0 Å². The van der Waals surface area contributed by atoms with Gasteiger partial charge in [-0.25, -0.2) is 14.2 Å². The van der Waals surface area contributed by atoms with E-state index in [9.17, 15) is 14.0 Å². The van der Waals surface area contributed by atoms with Crippen LogP contribution >= 0.6 is 0 Å². The zero-order valence-electron chi connectivity index (χ0n) is 20.1. The van der Waals surface area contributed by atoms with Crippen LogP contribution in [-0.4, -0.2) is 60.4 Å². The molecule has 1 fully saturated rings. The first kappa shape index (κ1) is 25.0. The van der Waals surface area contributed by atoms with Crippen LogP contribution in [-0.2, 0) is 20.8 Å². The number of nitrogens with one attached hydrogen (secondary N) is 1. The van der Waals surface area contributed by atoms with Gasteiger partial charge in [0.05, 0.1) is 13.2 Å². The molecule has 2 amide bonds. The average molecular weight is 464 g/mol. The second-order valence-electron chi connectivity index (χ2n) is 9.40. The average Bonchev–Trinajstić information content (AvgIpc) is 3.27. The van der Waals surface area contributed by atoms with E-state index in [-0.39, 0.29) is 30.1 Å². The van der Waals surface area contributed by atoms with E-state index in [1.807, 2.05) is 6.08 Å². The number of rotatable bonds is 6. The van der Waals surface area contributed by atoms with Gasteiger partial charge in [0, 0.05) is 25.8 Å². The normalized spacial score (nSPS) is 20.9. The van der Waals surface area contributed by atoms with Crippen molar-refractivity contribution in [1.29, 1.82) is 0 Å². The Morgan fingerprint density at radius 2 is 2.03 bits per heavy atom. The summed E-state index contributed by atoms with van der Waals surface area (Å²) in [6.45, 7) is 5.85. The molecule has 1 aliphatic heterocycles. The van der Waals surface area contributed by atoms with Crippen molar-refractivity contribution in [3.8, 4) is 5.88 Å². The largest absolute Gasteiger partial charge is 0.481 e. The van der Waals surface area contributed by atoms with Crippen molar-refractivity contribution in [2.24, 2.45) is 0 Å². The maximum absolute atomic E-state index is 14.9. The number of halogens is 1. The zero-order chi connectivity index (χ0) is 24.2. The Kier molecular flexibility index (Phi) is 7.94. The number of likely N-dealkylation sites (tertiary alicyclic amines) is 1. The number of carbonyl (C=O) groups excluding carboxylic acids is 2. The molecule has 1 aliphatic carbocycles. The van der Waals surface area contributed by atoms with E-state index in [2.05, 4.69) is 10.3 Å². The Bertz CT molecular complexity index is 912. The van der Waals surface area contributed by atoms with Crippen LogP contribution in [0.3, 0.4) is 0 Å². The lowest BCUT2D eigenvalue weighted by molar-refractivity contribution is -0.125. The molecule has 2 atom stereocenters. The Hall–Kier alpha value is -2.68. The highest BCUT2D eigenvalue weighted by Gasteiger charge is 2.36. The fourth-order valence-corrected chi connectivity index (χ4v) is 4.16. The molecule has 2 heterocycles. The number of ether oxygens (including phenoxy) is 3. The molecule has 9 heteroatoms. The second kappa shape index (κ2) is 10.5. The van der Waals surface area contributed by atoms with Crippen molar-refractivity contribution >= 4 is 17.6 Å². The Balaban J connectivity index is 1.68. The molecule has 0 saturated carbocycles. The third-order valence-corrected chi connectivity index (χ3v) is 5.85. The standard InChI is InChI=1S/C24H34FN3O5/c1-24(2,3)33-23(30)28-12-6-7-19(28)21(29)26-14-16-13-18(25)20(27-22(16)32-5)15-8-10-17(31-4)11-9-15/h8,13,17,19H,6-7,9-12,14H2,1-5H3,(H,26,29)/t17?,19-/m0/s1. The van der Waals surface area contributed by atoms with Gasteiger partial charge in [-0.3, -0.25) is 9.69 Å². The van der Waals surface area contributed by atoms with Gasteiger partial charge >= 0.3 is 6.09 Å². The van der Waals surface area contributed by atoms with Crippen molar-refractivity contribution in [3.05, 3.63) is 29.2 Å². The van der Waals surface area contributed by atoms with Crippen molar-refractivity contribution in [2.45, 2.75) is 77.2 Å². The number of hydrogen-bond donors (Lipinski definition) is 1. The minimum atomic E-state index is -0.642. The van der Waals surface area contributed by atoms with E-state index in [1.54, 1.807) is 27.9 Å². The molecule has 1 N–H and O–H groups in total. The molecule has 1 unspecified atom stereocenters. The molecule has 2 aliphatic rings. The van der Waals surface area contributed by atoms with Crippen molar-refractivity contribution in [3.63, 3.8) is 0 Å². The fourth-order valence-electron chi connectivity index (χ4n) is 4.16. The molecule has 3 rings (SSSR count). The van der Waals surface area contributed by atoms with Crippen LogP contribution in [0.25, 0.3) is 5.57 Å². The lowest BCUT2D eigenvalue weighted by Crippen LogP contribution is -2.47. The highest BCUT2D eigenvalue weighted by atomic mass is 19.1. The summed E-state index contributed by atoms with van der Waals surface area (Å²) in [5.74, 6) is -0.513. The van der Waals surface area contributed by atoms with Crippen molar-refractivity contribution < 1.29 is 28.2 Å². The summed E-state index contributed by atoms with van der Waals surface area (Å²) >= 11 is 0. The van der Waals surface area contributed by atoms with E-state index in [0.29, 0.717) is 37.8 Å². The van der Waals surface area contributed by atoms with Crippen LogP contribution in [0.15, 0.2) is 12.1 Å². The number of carbonyl (C=O) groups is 2. The van der Waals surface area contributed by atoms with E-state index < -0.39 is 23.6 Å². The van der Waals surface area contributed by atoms with Crippen LogP contribution in [0.1, 0.15) is 64.1 Å². The highest BCUT2D eigenvalue weighted by molar-refractivity contribution is 5.86.